The maximum absolute atomic E-state index is 5.84. The number of aromatic nitrogens is 2. The van der Waals surface area contributed by atoms with Gasteiger partial charge in [0.25, 0.3) is 5.89 Å². The van der Waals surface area contributed by atoms with Crippen LogP contribution in [0.2, 0.25) is 0 Å². The Labute approximate surface area is 122 Å². The number of halogens is 1. The molecule has 0 fully saturated rings. The van der Waals surface area contributed by atoms with E-state index in [2.05, 4.69) is 26.1 Å². The molecule has 2 N–H and O–H groups in total. The van der Waals surface area contributed by atoms with Crippen LogP contribution in [0.4, 0.5) is 5.69 Å². The molecule has 19 heavy (non-hydrogen) atoms. The zero-order chi connectivity index (χ0) is 13.4. The van der Waals surface area contributed by atoms with Crippen LogP contribution in [0.15, 0.2) is 38.6 Å². The van der Waals surface area contributed by atoms with E-state index in [0.717, 1.165) is 20.5 Å². The summed E-state index contributed by atoms with van der Waals surface area (Å²) in [5.74, 6) is 1.02. The highest BCUT2D eigenvalue weighted by Crippen LogP contribution is 2.32. The Kier molecular flexibility index (Phi) is 3.12. The van der Waals surface area contributed by atoms with Crippen molar-refractivity contribution in [1.82, 2.24) is 10.1 Å². The monoisotopic (exact) mass is 335 g/mol. The molecule has 0 aliphatic carbocycles. The fourth-order valence-corrected chi connectivity index (χ4v) is 2.78. The van der Waals surface area contributed by atoms with Gasteiger partial charge >= 0.3 is 0 Å². The van der Waals surface area contributed by atoms with Crippen LogP contribution in [0.25, 0.3) is 22.2 Å². The van der Waals surface area contributed by atoms with Crippen LogP contribution in [0.3, 0.4) is 0 Å². The Morgan fingerprint density at radius 3 is 2.84 bits per heavy atom. The van der Waals surface area contributed by atoms with E-state index >= 15 is 0 Å². The molecule has 3 aromatic rings. The third kappa shape index (κ3) is 2.29. The van der Waals surface area contributed by atoms with E-state index in [4.69, 9.17) is 10.3 Å². The van der Waals surface area contributed by atoms with Crippen LogP contribution >= 0.6 is 27.3 Å². The van der Waals surface area contributed by atoms with E-state index < -0.39 is 0 Å². The highest BCUT2D eigenvalue weighted by molar-refractivity contribution is 9.10. The molecule has 2 heterocycles. The maximum Gasteiger partial charge on any atom is 0.270 e. The van der Waals surface area contributed by atoms with Gasteiger partial charge in [-0.15, -0.1) is 11.3 Å². The summed E-state index contributed by atoms with van der Waals surface area (Å²) >= 11 is 4.98. The molecule has 0 amide bonds. The Morgan fingerprint density at radius 1 is 1.32 bits per heavy atom. The summed E-state index contributed by atoms with van der Waals surface area (Å²) in [4.78, 5) is 5.20. The van der Waals surface area contributed by atoms with Crippen LogP contribution in [0.1, 0.15) is 5.56 Å². The molecule has 4 nitrogen and oxygen atoms in total. The molecule has 0 saturated carbocycles. The number of hydrogen-bond donors (Lipinski definition) is 1. The van der Waals surface area contributed by atoms with Crippen molar-refractivity contribution in [2.24, 2.45) is 0 Å². The topological polar surface area (TPSA) is 64.9 Å². The van der Waals surface area contributed by atoms with Crippen LogP contribution in [-0.2, 0) is 0 Å². The van der Waals surface area contributed by atoms with Crippen molar-refractivity contribution in [1.29, 1.82) is 0 Å². The minimum atomic E-state index is 0.458. The summed E-state index contributed by atoms with van der Waals surface area (Å²) < 4.78 is 6.29. The minimum Gasteiger partial charge on any atom is -0.397 e. The first-order chi connectivity index (χ1) is 9.15. The maximum atomic E-state index is 5.84. The molecule has 2 aromatic heterocycles. The van der Waals surface area contributed by atoms with Gasteiger partial charge in [-0.3, -0.25) is 0 Å². The van der Waals surface area contributed by atoms with Crippen molar-refractivity contribution >= 4 is 33.0 Å². The molecule has 0 spiro atoms. The Morgan fingerprint density at radius 2 is 2.16 bits per heavy atom. The van der Waals surface area contributed by atoms with Crippen molar-refractivity contribution in [3.8, 4) is 22.2 Å². The molecular formula is C13H10BrN3OS. The number of hydrogen-bond acceptors (Lipinski definition) is 5. The number of benzene rings is 1. The molecule has 1 aromatic carbocycles. The zero-order valence-electron chi connectivity index (χ0n) is 10.1. The van der Waals surface area contributed by atoms with Gasteiger partial charge in [-0.25, -0.2) is 0 Å². The van der Waals surface area contributed by atoms with Gasteiger partial charge in [0.15, 0.2) is 0 Å². The van der Waals surface area contributed by atoms with E-state index in [1.807, 2.05) is 36.6 Å². The fraction of sp³-hybridized carbons (Fsp3) is 0.0769. The SMILES string of the molecule is Cc1ccc(-c2noc(-c3sccc3N)n2)cc1Br. The molecule has 0 saturated heterocycles. The predicted octanol–water partition coefficient (Wildman–Crippen LogP) is 4.12. The Balaban J connectivity index is 2.01. The lowest BCUT2D eigenvalue weighted by Gasteiger charge is -1.99. The molecular weight excluding hydrogens is 326 g/mol. The van der Waals surface area contributed by atoms with E-state index in [-0.39, 0.29) is 0 Å². The molecule has 0 bridgehead atoms. The smallest absolute Gasteiger partial charge is 0.270 e. The van der Waals surface area contributed by atoms with E-state index in [1.165, 1.54) is 11.3 Å². The average Bonchev–Trinajstić information content (AvgIpc) is 3.01. The Hall–Kier alpha value is -1.66. The second-order valence-electron chi connectivity index (χ2n) is 4.09. The van der Waals surface area contributed by atoms with Gasteiger partial charge in [0.05, 0.1) is 5.69 Å². The second-order valence-corrected chi connectivity index (χ2v) is 5.86. The van der Waals surface area contributed by atoms with Gasteiger partial charge < -0.3 is 10.3 Å². The summed E-state index contributed by atoms with van der Waals surface area (Å²) in [6.45, 7) is 2.03. The van der Waals surface area contributed by atoms with Crippen molar-refractivity contribution < 1.29 is 4.52 Å². The molecule has 0 aliphatic rings. The lowest BCUT2D eigenvalue weighted by Crippen LogP contribution is -1.85. The molecule has 0 aliphatic heterocycles. The highest BCUT2D eigenvalue weighted by atomic mass is 79.9. The number of nitrogens with two attached hydrogens (primary N) is 1. The van der Waals surface area contributed by atoms with Gasteiger partial charge in [0.1, 0.15) is 4.88 Å². The number of aryl methyl sites for hydroxylation is 1. The second kappa shape index (κ2) is 4.79. The van der Waals surface area contributed by atoms with Gasteiger partial charge in [0.2, 0.25) is 5.82 Å². The number of nitrogen functional groups attached to an aromatic ring is 1. The van der Waals surface area contributed by atoms with E-state index in [9.17, 15) is 0 Å². The molecule has 0 unspecified atom stereocenters. The van der Waals surface area contributed by atoms with Crippen molar-refractivity contribution in [2.75, 3.05) is 5.73 Å². The van der Waals surface area contributed by atoms with Crippen LogP contribution in [0, 0.1) is 6.92 Å². The summed E-state index contributed by atoms with van der Waals surface area (Å²) in [6.07, 6.45) is 0. The van der Waals surface area contributed by atoms with Crippen molar-refractivity contribution in [3.63, 3.8) is 0 Å². The largest absolute Gasteiger partial charge is 0.397 e. The highest BCUT2D eigenvalue weighted by Gasteiger charge is 2.14. The van der Waals surface area contributed by atoms with Crippen molar-refractivity contribution in [2.45, 2.75) is 6.92 Å². The third-order valence-corrected chi connectivity index (χ3v) is 4.52. The van der Waals surface area contributed by atoms with Gasteiger partial charge in [-0.2, -0.15) is 4.98 Å². The van der Waals surface area contributed by atoms with Crippen LogP contribution in [0.5, 0.6) is 0 Å². The summed E-state index contributed by atoms with van der Waals surface area (Å²) in [7, 11) is 0. The third-order valence-electron chi connectivity index (χ3n) is 2.75. The average molecular weight is 336 g/mol. The molecule has 0 radical (unpaired) electrons. The number of thiophene rings is 1. The van der Waals surface area contributed by atoms with Gasteiger partial charge in [-0.05, 0) is 30.0 Å². The lowest BCUT2D eigenvalue weighted by molar-refractivity contribution is 0.433. The van der Waals surface area contributed by atoms with Crippen LogP contribution < -0.4 is 5.73 Å². The number of rotatable bonds is 2. The lowest BCUT2D eigenvalue weighted by atomic mass is 10.1. The quantitative estimate of drug-likeness (QED) is 0.765. The molecule has 6 heteroatoms. The van der Waals surface area contributed by atoms with Gasteiger partial charge in [-0.1, -0.05) is 33.2 Å². The molecule has 0 atom stereocenters. The zero-order valence-corrected chi connectivity index (χ0v) is 12.5. The minimum absolute atomic E-state index is 0.458. The number of anilines is 1. The standard InChI is InChI=1S/C13H10BrN3OS/c1-7-2-3-8(6-9(7)14)12-16-13(18-17-12)11-10(15)4-5-19-11/h2-6H,15H2,1H3. The predicted molar refractivity (Wildman–Crippen MR) is 79.9 cm³/mol. The normalized spacial score (nSPS) is 10.8. The first-order valence-corrected chi connectivity index (χ1v) is 7.26. The van der Waals surface area contributed by atoms with E-state index in [0.29, 0.717) is 17.4 Å². The molecule has 3 rings (SSSR count). The summed E-state index contributed by atoms with van der Waals surface area (Å²) in [5, 5.41) is 5.90. The first kappa shape index (κ1) is 12.4. The molecule has 96 valence electrons. The fourth-order valence-electron chi connectivity index (χ4n) is 1.66. The van der Waals surface area contributed by atoms with E-state index in [1.54, 1.807) is 0 Å². The van der Waals surface area contributed by atoms with Gasteiger partial charge in [0, 0.05) is 10.0 Å². The first-order valence-electron chi connectivity index (χ1n) is 5.59. The number of nitrogens with zero attached hydrogens (tertiary/aromatic N) is 2. The Bertz CT molecular complexity index is 735. The summed E-state index contributed by atoms with van der Waals surface area (Å²) in [5.41, 5.74) is 8.56. The summed E-state index contributed by atoms with van der Waals surface area (Å²) in [6, 6.07) is 7.77. The van der Waals surface area contributed by atoms with Crippen molar-refractivity contribution in [3.05, 3.63) is 39.7 Å². The van der Waals surface area contributed by atoms with Crippen LogP contribution in [-0.4, -0.2) is 10.1 Å².